The molecule has 0 spiro atoms. The lowest BCUT2D eigenvalue weighted by Gasteiger charge is -2.48. The predicted molar refractivity (Wildman–Crippen MR) is 365 cm³/mol. The van der Waals surface area contributed by atoms with E-state index in [1.165, 1.54) is 106 Å². The van der Waals surface area contributed by atoms with Gasteiger partial charge in [0, 0.05) is 61.9 Å². The lowest BCUT2D eigenvalue weighted by molar-refractivity contribution is 0.521. The minimum Gasteiger partial charge on any atom is -0.311 e. The third-order valence-electron chi connectivity index (χ3n) is 19.1. The molecule has 12 rings (SSSR count). The van der Waals surface area contributed by atoms with Crippen molar-refractivity contribution >= 4 is 74.3 Å². The van der Waals surface area contributed by atoms with Crippen LogP contribution < -0.4 is 31.1 Å². The van der Waals surface area contributed by atoms with E-state index < -0.39 is 0 Å². The van der Waals surface area contributed by atoms with Crippen LogP contribution in [0.25, 0.3) is 11.1 Å². The molecule has 1 aliphatic carbocycles. The van der Waals surface area contributed by atoms with E-state index >= 15 is 0 Å². The summed E-state index contributed by atoms with van der Waals surface area (Å²) in [5.74, 6) is 0. The fourth-order valence-corrected chi connectivity index (χ4v) is 13.9. The maximum absolute atomic E-state index is 2.70. The molecule has 0 aromatic heterocycles. The molecule has 0 bridgehead atoms. The second-order valence-corrected chi connectivity index (χ2v) is 30.9. The van der Waals surface area contributed by atoms with Gasteiger partial charge in [0.1, 0.15) is 0 Å². The Morgan fingerprint density at radius 1 is 0.321 bits per heavy atom. The van der Waals surface area contributed by atoms with Crippen LogP contribution >= 0.6 is 0 Å². The van der Waals surface area contributed by atoms with Gasteiger partial charge in [-0.1, -0.05) is 241 Å². The Morgan fingerprint density at radius 2 is 0.750 bits per heavy atom. The van der Waals surface area contributed by atoms with Gasteiger partial charge in [0.05, 0.1) is 5.69 Å². The molecule has 0 radical (unpaired) electrons. The number of nitrogens with zero attached hydrogens (tertiary/aromatic N) is 3. The Balaban J connectivity index is 1.21. The maximum Gasteiger partial charge on any atom is 0.252 e. The van der Waals surface area contributed by atoms with Crippen LogP contribution in [-0.4, -0.2) is 6.71 Å². The normalized spacial score (nSPS) is 15.2. The minimum absolute atomic E-state index is 0.0152. The number of benzene rings is 9. The van der Waals surface area contributed by atoms with Gasteiger partial charge in [-0.3, -0.25) is 0 Å². The number of fused-ring (bicyclic) bond motifs is 6. The van der Waals surface area contributed by atoms with Gasteiger partial charge in [-0.05, 0) is 178 Å². The van der Waals surface area contributed by atoms with Crippen LogP contribution in [0.5, 0.6) is 0 Å². The summed E-state index contributed by atoms with van der Waals surface area (Å²) in [6.07, 6.45) is 0. The zero-order valence-corrected chi connectivity index (χ0v) is 53.8. The largest absolute Gasteiger partial charge is 0.311 e. The summed E-state index contributed by atoms with van der Waals surface area (Å²) in [5.41, 5.74) is 28.3. The molecule has 0 unspecified atom stereocenters. The molecule has 0 N–H and O–H groups in total. The summed E-state index contributed by atoms with van der Waals surface area (Å²) in [6, 6.07) is 73.6. The Hall–Kier alpha value is -7.56. The molecule has 0 fully saturated rings. The van der Waals surface area contributed by atoms with Crippen molar-refractivity contribution in [3.05, 3.63) is 238 Å². The molecular formula is C80H88BN3. The second kappa shape index (κ2) is 19.5. The van der Waals surface area contributed by atoms with Gasteiger partial charge < -0.3 is 14.7 Å². The Labute approximate surface area is 504 Å². The molecular weight excluding hydrogens is 1010 g/mol. The van der Waals surface area contributed by atoms with Crippen LogP contribution in [0.2, 0.25) is 0 Å². The Kier molecular flexibility index (Phi) is 13.2. The van der Waals surface area contributed by atoms with E-state index in [0.29, 0.717) is 0 Å². The first-order valence-electron chi connectivity index (χ1n) is 30.9. The van der Waals surface area contributed by atoms with Crippen molar-refractivity contribution in [1.82, 2.24) is 0 Å². The highest BCUT2D eigenvalue weighted by molar-refractivity contribution is 7.00. The predicted octanol–water partition coefficient (Wildman–Crippen LogP) is 20.4. The molecule has 2 aliphatic heterocycles. The molecule has 4 heteroatoms. The first-order valence-corrected chi connectivity index (χ1v) is 30.9. The van der Waals surface area contributed by atoms with Crippen molar-refractivity contribution in [3.63, 3.8) is 0 Å². The summed E-state index contributed by atoms with van der Waals surface area (Å²) >= 11 is 0. The van der Waals surface area contributed by atoms with E-state index in [4.69, 9.17) is 0 Å². The summed E-state index contributed by atoms with van der Waals surface area (Å²) in [7, 11) is 0. The fraction of sp³-hybridized carbons (Fsp3) is 0.325. The standard InChI is InChI=1S/C80H88BN3/c1-74(2,3)52-29-36-57(37-30-52)82(58-38-31-53(32-39-58)75(4,5)6)60-42-43-66-69(48-60)83(59-40-33-54(34-41-59)76(7,8)9)71-46-56(78(13,14)15)47-72-73(71)81(66)67-49-64-65(80(18,19)63-28-24-23-27-62(63)79(64,16)17)50-70(67)84(72)68-44-35-55(77(10,11)12)45-61(68)51-25-21-20-22-26-51/h20-50H,1-19H3. The molecule has 3 nitrogen and oxygen atoms in total. The SMILES string of the molecule is CC(C)(C)c1ccc(N(c2ccc(C(C)(C)C)cc2)c2ccc3c(c2)N(c2ccc(C(C)(C)C)cc2)c2cc(C(C)(C)C)cc4c2B3c2cc3c(cc2N4c2ccc(C(C)(C)C)cc2-c2ccccc2)C(C)(C)c2ccccc2C3(C)C)cc1. The summed E-state index contributed by atoms with van der Waals surface area (Å²) in [6.45, 7) is 44.7. The van der Waals surface area contributed by atoms with E-state index in [2.05, 4.69) is 334 Å². The smallest absolute Gasteiger partial charge is 0.252 e. The van der Waals surface area contributed by atoms with E-state index in [-0.39, 0.29) is 44.6 Å². The van der Waals surface area contributed by atoms with E-state index in [1.54, 1.807) is 0 Å². The van der Waals surface area contributed by atoms with Gasteiger partial charge in [-0.2, -0.15) is 0 Å². The summed E-state index contributed by atoms with van der Waals surface area (Å²) in [4.78, 5) is 7.81. The van der Waals surface area contributed by atoms with Crippen LogP contribution in [0.1, 0.15) is 182 Å². The fourth-order valence-electron chi connectivity index (χ4n) is 13.9. The zero-order chi connectivity index (χ0) is 60.0. The first kappa shape index (κ1) is 56.9. The highest BCUT2D eigenvalue weighted by Gasteiger charge is 2.49. The molecule has 9 aromatic rings. The third-order valence-corrected chi connectivity index (χ3v) is 19.1. The quantitative estimate of drug-likeness (QED) is 0.154. The monoisotopic (exact) mass is 1100 g/mol. The van der Waals surface area contributed by atoms with Crippen LogP contribution in [0.4, 0.5) is 51.2 Å². The lowest BCUT2D eigenvalue weighted by Crippen LogP contribution is -2.62. The van der Waals surface area contributed by atoms with Gasteiger partial charge >= 0.3 is 0 Å². The molecule has 0 saturated carbocycles. The minimum atomic E-state index is -0.270. The van der Waals surface area contributed by atoms with Gasteiger partial charge in [-0.25, -0.2) is 0 Å². The first-order chi connectivity index (χ1) is 39.3. The van der Waals surface area contributed by atoms with Crippen LogP contribution in [0, 0.1) is 0 Å². The van der Waals surface area contributed by atoms with Crippen LogP contribution in [0.15, 0.2) is 188 Å². The molecule has 2 heterocycles. The molecule has 0 saturated heterocycles. The topological polar surface area (TPSA) is 9.72 Å². The zero-order valence-electron chi connectivity index (χ0n) is 53.8. The molecule has 9 aromatic carbocycles. The van der Waals surface area contributed by atoms with Crippen molar-refractivity contribution in [2.45, 2.75) is 169 Å². The number of anilines is 9. The highest BCUT2D eigenvalue weighted by Crippen LogP contribution is 2.55. The maximum atomic E-state index is 2.70. The number of rotatable bonds is 6. The van der Waals surface area contributed by atoms with Crippen molar-refractivity contribution in [1.29, 1.82) is 0 Å². The molecule has 3 aliphatic rings. The molecule has 0 atom stereocenters. The lowest BCUT2D eigenvalue weighted by atomic mass is 9.33. The average molecular weight is 1100 g/mol. The van der Waals surface area contributed by atoms with E-state index in [9.17, 15) is 0 Å². The van der Waals surface area contributed by atoms with Crippen molar-refractivity contribution < 1.29 is 0 Å². The van der Waals surface area contributed by atoms with Gasteiger partial charge in [0.25, 0.3) is 6.71 Å². The van der Waals surface area contributed by atoms with Gasteiger partial charge in [0.2, 0.25) is 0 Å². The van der Waals surface area contributed by atoms with Crippen molar-refractivity contribution in [2.24, 2.45) is 0 Å². The number of hydrogen-bond donors (Lipinski definition) is 0. The van der Waals surface area contributed by atoms with Crippen LogP contribution in [0.3, 0.4) is 0 Å². The van der Waals surface area contributed by atoms with Gasteiger partial charge in [0.15, 0.2) is 0 Å². The average Bonchev–Trinajstić information content (AvgIpc) is 0.745. The third kappa shape index (κ3) is 9.51. The van der Waals surface area contributed by atoms with E-state index in [1.807, 2.05) is 0 Å². The summed E-state index contributed by atoms with van der Waals surface area (Å²) < 4.78 is 0. The van der Waals surface area contributed by atoms with Crippen molar-refractivity contribution in [3.8, 4) is 11.1 Å². The molecule has 0 amide bonds. The summed E-state index contributed by atoms with van der Waals surface area (Å²) in [5, 5.41) is 0. The highest BCUT2D eigenvalue weighted by atomic mass is 15.2. The molecule has 426 valence electrons. The van der Waals surface area contributed by atoms with Crippen molar-refractivity contribution in [2.75, 3.05) is 14.7 Å². The molecule has 84 heavy (non-hydrogen) atoms. The van der Waals surface area contributed by atoms with Crippen LogP contribution in [-0.2, 0) is 37.9 Å². The number of hydrogen-bond acceptors (Lipinski definition) is 3. The van der Waals surface area contributed by atoms with E-state index in [0.717, 1.165) is 22.7 Å². The van der Waals surface area contributed by atoms with Gasteiger partial charge in [-0.15, -0.1) is 0 Å². The Morgan fingerprint density at radius 3 is 1.25 bits per heavy atom. The Bertz CT molecular complexity index is 3960. The second-order valence-electron chi connectivity index (χ2n) is 30.9.